The minimum atomic E-state index is -0.961. The summed E-state index contributed by atoms with van der Waals surface area (Å²) in [5.74, 6) is -0.723. The van der Waals surface area contributed by atoms with E-state index in [2.05, 4.69) is 5.32 Å². The van der Waals surface area contributed by atoms with Crippen molar-refractivity contribution in [1.29, 1.82) is 0 Å². The molecule has 0 saturated carbocycles. The molecule has 1 atom stereocenters. The molecule has 0 aromatic heterocycles. The number of hydrogen-bond donors (Lipinski definition) is 1. The number of carbonyl (C=O) groups is 3. The van der Waals surface area contributed by atoms with E-state index < -0.39 is 29.7 Å². The Bertz CT molecular complexity index is 1010. The summed E-state index contributed by atoms with van der Waals surface area (Å²) in [5, 5.41) is 2.57. The first-order valence-corrected chi connectivity index (χ1v) is 10.8. The van der Waals surface area contributed by atoms with Crippen LogP contribution in [-0.4, -0.2) is 43.9 Å². The van der Waals surface area contributed by atoms with Crippen molar-refractivity contribution >= 4 is 24.1 Å². The minimum absolute atomic E-state index is 0.0751. The zero-order chi connectivity index (χ0) is 25.1. The lowest BCUT2D eigenvalue weighted by molar-refractivity contribution is -0.157. The van der Waals surface area contributed by atoms with Crippen LogP contribution in [0.15, 0.2) is 54.6 Å². The van der Waals surface area contributed by atoms with Gasteiger partial charge in [0, 0.05) is 0 Å². The number of esters is 2. The minimum Gasteiger partial charge on any atom is -0.496 e. The third kappa shape index (κ3) is 8.61. The molecule has 8 nitrogen and oxygen atoms in total. The SMILES string of the molecule is COC(=O)c1cc(/C=C/C[C@H](NC(=O)OCc2ccccc2)C(=O)OC(C)(C)C)ccc1OC. The Kier molecular flexibility index (Phi) is 9.67. The van der Waals surface area contributed by atoms with Crippen LogP contribution in [0.1, 0.15) is 48.7 Å². The summed E-state index contributed by atoms with van der Waals surface area (Å²) in [6.45, 7) is 5.32. The number of carbonyl (C=O) groups excluding carboxylic acids is 3. The average Bonchev–Trinajstić information content (AvgIpc) is 2.81. The summed E-state index contributed by atoms with van der Waals surface area (Å²) in [6.07, 6.45) is 2.84. The molecular weight excluding hydrogens is 438 g/mol. The van der Waals surface area contributed by atoms with E-state index in [9.17, 15) is 14.4 Å². The smallest absolute Gasteiger partial charge is 0.408 e. The third-order valence-corrected chi connectivity index (χ3v) is 4.51. The summed E-state index contributed by atoms with van der Waals surface area (Å²) >= 11 is 0. The largest absolute Gasteiger partial charge is 0.496 e. The first-order valence-electron chi connectivity index (χ1n) is 10.8. The van der Waals surface area contributed by atoms with Crippen LogP contribution in [-0.2, 0) is 25.6 Å². The molecule has 2 aromatic rings. The third-order valence-electron chi connectivity index (χ3n) is 4.51. The maximum absolute atomic E-state index is 12.7. The predicted molar refractivity (Wildman–Crippen MR) is 127 cm³/mol. The van der Waals surface area contributed by atoms with Crippen LogP contribution >= 0.6 is 0 Å². The monoisotopic (exact) mass is 469 g/mol. The quantitative estimate of drug-likeness (QED) is 0.426. The van der Waals surface area contributed by atoms with Crippen LogP contribution in [0.4, 0.5) is 4.79 Å². The van der Waals surface area contributed by atoms with Crippen molar-refractivity contribution < 1.29 is 33.3 Å². The van der Waals surface area contributed by atoms with E-state index in [0.29, 0.717) is 11.3 Å². The zero-order valence-corrected chi connectivity index (χ0v) is 20.1. The lowest BCUT2D eigenvalue weighted by atomic mass is 10.1. The molecule has 8 heteroatoms. The molecule has 1 N–H and O–H groups in total. The van der Waals surface area contributed by atoms with Crippen molar-refractivity contribution in [3.8, 4) is 5.75 Å². The second kappa shape index (κ2) is 12.4. The maximum Gasteiger partial charge on any atom is 0.408 e. The fourth-order valence-corrected chi connectivity index (χ4v) is 2.93. The molecule has 0 spiro atoms. The van der Waals surface area contributed by atoms with Crippen molar-refractivity contribution in [1.82, 2.24) is 5.32 Å². The van der Waals surface area contributed by atoms with E-state index in [1.807, 2.05) is 30.3 Å². The summed E-state index contributed by atoms with van der Waals surface area (Å²) < 4.78 is 20.7. The Morgan fingerprint density at radius 1 is 1.03 bits per heavy atom. The molecule has 2 rings (SSSR count). The standard InChI is InChI=1S/C26H31NO7/c1-26(2,3)34-24(29)21(27-25(30)33-17-19-10-7-6-8-11-19)13-9-12-18-14-15-22(31-4)20(16-18)23(28)32-5/h6-12,14-16,21H,13,17H2,1-5H3,(H,27,30)/b12-9+/t21-/m0/s1. The zero-order valence-electron chi connectivity index (χ0n) is 20.1. The Hall–Kier alpha value is -3.81. The first kappa shape index (κ1) is 26.4. The Balaban J connectivity index is 2.10. The Labute approximate surface area is 199 Å². The highest BCUT2D eigenvalue weighted by atomic mass is 16.6. The number of hydrogen-bond acceptors (Lipinski definition) is 7. The van der Waals surface area contributed by atoms with Crippen LogP contribution in [0, 0.1) is 0 Å². The lowest BCUT2D eigenvalue weighted by Gasteiger charge is -2.24. The number of amides is 1. The Morgan fingerprint density at radius 2 is 1.74 bits per heavy atom. The van der Waals surface area contributed by atoms with Crippen LogP contribution in [0.3, 0.4) is 0 Å². The molecule has 0 aliphatic carbocycles. The molecule has 182 valence electrons. The van der Waals surface area contributed by atoms with Crippen molar-refractivity contribution in [2.45, 2.75) is 45.4 Å². The predicted octanol–water partition coefficient (Wildman–Crippen LogP) is 4.52. The van der Waals surface area contributed by atoms with Gasteiger partial charge in [-0.25, -0.2) is 14.4 Å². The van der Waals surface area contributed by atoms with Gasteiger partial charge in [0.05, 0.1) is 14.2 Å². The van der Waals surface area contributed by atoms with E-state index >= 15 is 0 Å². The molecule has 0 aliphatic rings. The van der Waals surface area contributed by atoms with Crippen molar-refractivity contribution in [3.05, 3.63) is 71.3 Å². The van der Waals surface area contributed by atoms with Crippen LogP contribution < -0.4 is 10.1 Å². The highest BCUT2D eigenvalue weighted by Gasteiger charge is 2.26. The molecule has 0 heterocycles. The molecule has 0 fully saturated rings. The van der Waals surface area contributed by atoms with Gasteiger partial charge in [-0.2, -0.15) is 0 Å². The molecule has 0 aliphatic heterocycles. The van der Waals surface area contributed by atoms with Crippen molar-refractivity contribution in [2.75, 3.05) is 14.2 Å². The molecule has 1 amide bonds. The number of methoxy groups -OCH3 is 2. The molecule has 0 bridgehead atoms. The van der Waals surface area contributed by atoms with Gasteiger partial charge in [0.25, 0.3) is 0 Å². The highest BCUT2D eigenvalue weighted by Crippen LogP contribution is 2.22. The van der Waals surface area contributed by atoms with Gasteiger partial charge in [-0.3, -0.25) is 0 Å². The molecule has 0 radical (unpaired) electrons. The summed E-state index contributed by atoms with van der Waals surface area (Å²) in [5.41, 5.74) is 1.07. The van der Waals surface area contributed by atoms with E-state index in [0.717, 1.165) is 5.56 Å². The molecule has 2 aromatic carbocycles. The van der Waals surface area contributed by atoms with E-state index in [4.69, 9.17) is 18.9 Å². The number of alkyl carbamates (subject to hydrolysis) is 1. The van der Waals surface area contributed by atoms with Crippen molar-refractivity contribution in [2.24, 2.45) is 0 Å². The fraction of sp³-hybridized carbons (Fsp3) is 0.346. The van der Waals surface area contributed by atoms with Gasteiger partial charge in [0.2, 0.25) is 0 Å². The second-order valence-corrected chi connectivity index (χ2v) is 8.38. The topological polar surface area (TPSA) is 100 Å². The van der Waals surface area contributed by atoms with E-state index in [1.165, 1.54) is 14.2 Å². The molecule has 34 heavy (non-hydrogen) atoms. The van der Waals surface area contributed by atoms with Gasteiger partial charge in [-0.05, 0) is 50.5 Å². The lowest BCUT2D eigenvalue weighted by Crippen LogP contribution is -2.44. The van der Waals surface area contributed by atoms with Gasteiger partial charge in [-0.1, -0.05) is 48.6 Å². The maximum atomic E-state index is 12.7. The van der Waals surface area contributed by atoms with E-state index in [1.54, 1.807) is 51.1 Å². The summed E-state index contributed by atoms with van der Waals surface area (Å²) in [4.78, 5) is 37.0. The van der Waals surface area contributed by atoms with Crippen LogP contribution in [0.25, 0.3) is 6.08 Å². The van der Waals surface area contributed by atoms with Gasteiger partial charge >= 0.3 is 18.0 Å². The highest BCUT2D eigenvalue weighted by molar-refractivity contribution is 5.93. The number of rotatable bonds is 9. The molecule has 0 saturated heterocycles. The van der Waals surface area contributed by atoms with Gasteiger partial charge < -0.3 is 24.3 Å². The number of ether oxygens (including phenoxy) is 4. The second-order valence-electron chi connectivity index (χ2n) is 8.38. The van der Waals surface area contributed by atoms with Crippen molar-refractivity contribution in [3.63, 3.8) is 0 Å². The Morgan fingerprint density at radius 3 is 2.35 bits per heavy atom. The van der Waals surface area contributed by atoms with Gasteiger partial charge in [-0.15, -0.1) is 0 Å². The van der Waals surface area contributed by atoms with Crippen LogP contribution in [0.5, 0.6) is 5.75 Å². The number of benzene rings is 2. The summed E-state index contributed by atoms with van der Waals surface area (Å²) in [7, 11) is 2.75. The van der Waals surface area contributed by atoms with E-state index in [-0.39, 0.29) is 18.6 Å². The normalized spacial score (nSPS) is 12.0. The average molecular weight is 470 g/mol. The van der Waals surface area contributed by atoms with Gasteiger partial charge in [0.1, 0.15) is 29.6 Å². The van der Waals surface area contributed by atoms with Crippen LogP contribution in [0.2, 0.25) is 0 Å². The first-order chi connectivity index (χ1) is 16.1. The fourth-order valence-electron chi connectivity index (χ4n) is 2.93. The number of nitrogens with one attached hydrogen (secondary N) is 1. The van der Waals surface area contributed by atoms with Gasteiger partial charge in [0.15, 0.2) is 0 Å². The molecular formula is C26H31NO7. The summed E-state index contributed by atoms with van der Waals surface area (Å²) in [6, 6.07) is 13.3. The molecule has 0 unspecified atom stereocenters.